The van der Waals surface area contributed by atoms with Crippen LogP contribution in [0.1, 0.15) is 41.0 Å². The molecule has 0 aromatic carbocycles. The zero-order valence-corrected chi connectivity index (χ0v) is 10.1. The minimum absolute atomic E-state index is 0.173. The fraction of sp³-hybridized carbons (Fsp3) is 0.917. The highest BCUT2D eigenvalue weighted by Crippen LogP contribution is 2.27. The van der Waals surface area contributed by atoms with E-state index in [9.17, 15) is 4.79 Å². The molecule has 1 heterocycles. The number of carbonyl (C=O) groups is 1. The second-order valence-electron chi connectivity index (χ2n) is 5.20. The van der Waals surface area contributed by atoms with E-state index in [1.165, 1.54) is 0 Å². The molecule has 1 rings (SSSR count). The highest BCUT2D eigenvalue weighted by atomic mass is 16.1. The van der Waals surface area contributed by atoms with E-state index in [4.69, 9.17) is 0 Å². The molecule has 0 aromatic heterocycles. The molecule has 1 fully saturated rings. The van der Waals surface area contributed by atoms with Crippen LogP contribution in [0.5, 0.6) is 0 Å². The molecule has 14 heavy (non-hydrogen) atoms. The van der Waals surface area contributed by atoms with Crippen LogP contribution in [0.15, 0.2) is 0 Å². The zero-order valence-electron chi connectivity index (χ0n) is 10.1. The van der Waals surface area contributed by atoms with Gasteiger partial charge in [0.05, 0.1) is 6.04 Å². The fourth-order valence-corrected chi connectivity index (χ4v) is 2.31. The van der Waals surface area contributed by atoms with Gasteiger partial charge in [-0.1, -0.05) is 20.8 Å². The highest BCUT2D eigenvalue weighted by Gasteiger charge is 2.36. The Morgan fingerprint density at radius 2 is 1.86 bits per heavy atom. The lowest BCUT2D eigenvalue weighted by Gasteiger charge is -2.28. The van der Waals surface area contributed by atoms with Gasteiger partial charge in [0.25, 0.3) is 0 Å². The van der Waals surface area contributed by atoms with Gasteiger partial charge in [-0.15, -0.1) is 0 Å². The van der Waals surface area contributed by atoms with Gasteiger partial charge in [0.2, 0.25) is 0 Å². The van der Waals surface area contributed by atoms with Crippen LogP contribution in [0.4, 0.5) is 0 Å². The Morgan fingerprint density at radius 1 is 1.29 bits per heavy atom. The number of hydrogen-bond acceptors (Lipinski definition) is 2. The van der Waals surface area contributed by atoms with Crippen molar-refractivity contribution < 1.29 is 4.79 Å². The van der Waals surface area contributed by atoms with E-state index < -0.39 is 0 Å². The van der Waals surface area contributed by atoms with E-state index in [0.29, 0.717) is 17.7 Å². The summed E-state index contributed by atoms with van der Waals surface area (Å²) in [7, 11) is 0. The topological polar surface area (TPSA) is 20.3 Å². The first-order valence-corrected chi connectivity index (χ1v) is 5.73. The van der Waals surface area contributed by atoms with Crippen LogP contribution in [0.3, 0.4) is 0 Å². The van der Waals surface area contributed by atoms with Crippen LogP contribution in [0.2, 0.25) is 0 Å². The first kappa shape index (κ1) is 11.7. The molecule has 2 heteroatoms. The van der Waals surface area contributed by atoms with Gasteiger partial charge in [-0.25, -0.2) is 0 Å². The maximum absolute atomic E-state index is 12.0. The third kappa shape index (κ3) is 2.35. The van der Waals surface area contributed by atoms with Crippen molar-refractivity contribution in [1.29, 1.82) is 0 Å². The van der Waals surface area contributed by atoms with Gasteiger partial charge in [-0.3, -0.25) is 9.69 Å². The largest absolute Gasteiger partial charge is 0.298 e. The Balaban J connectivity index is 2.71. The number of ketones is 1. The average molecular weight is 197 g/mol. The van der Waals surface area contributed by atoms with Crippen LogP contribution in [0.25, 0.3) is 0 Å². The fourth-order valence-electron chi connectivity index (χ4n) is 2.31. The van der Waals surface area contributed by atoms with Gasteiger partial charge in [-0.2, -0.15) is 0 Å². The molecule has 0 aliphatic carbocycles. The van der Waals surface area contributed by atoms with Gasteiger partial charge in [-0.05, 0) is 26.2 Å². The number of rotatable bonds is 3. The molecule has 1 aliphatic heterocycles. The van der Waals surface area contributed by atoms with Crippen LogP contribution < -0.4 is 0 Å². The molecule has 1 aliphatic rings. The third-order valence-electron chi connectivity index (χ3n) is 3.11. The summed E-state index contributed by atoms with van der Waals surface area (Å²) >= 11 is 0. The van der Waals surface area contributed by atoms with Crippen molar-refractivity contribution in [3.8, 4) is 0 Å². The van der Waals surface area contributed by atoms with Crippen LogP contribution in [0, 0.1) is 11.8 Å². The van der Waals surface area contributed by atoms with Gasteiger partial charge >= 0.3 is 0 Å². The van der Waals surface area contributed by atoms with E-state index in [0.717, 1.165) is 13.0 Å². The summed E-state index contributed by atoms with van der Waals surface area (Å²) < 4.78 is 0. The molecule has 0 aromatic rings. The van der Waals surface area contributed by atoms with Gasteiger partial charge in [0.1, 0.15) is 0 Å². The van der Waals surface area contributed by atoms with E-state index in [-0.39, 0.29) is 12.0 Å². The van der Waals surface area contributed by atoms with Crippen molar-refractivity contribution in [2.24, 2.45) is 11.8 Å². The third-order valence-corrected chi connectivity index (χ3v) is 3.11. The maximum atomic E-state index is 12.0. The second kappa shape index (κ2) is 4.43. The first-order chi connectivity index (χ1) is 6.43. The zero-order chi connectivity index (χ0) is 10.9. The normalized spacial score (nSPS) is 29.1. The van der Waals surface area contributed by atoms with Crippen molar-refractivity contribution in [3.63, 3.8) is 0 Å². The smallest absolute Gasteiger partial charge is 0.152 e. The molecule has 2 unspecified atom stereocenters. The van der Waals surface area contributed by atoms with Crippen LogP contribution in [-0.4, -0.2) is 29.3 Å². The van der Waals surface area contributed by atoms with Crippen molar-refractivity contribution in [2.75, 3.05) is 6.54 Å². The van der Waals surface area contributed by atoms with Crippen molar-refractivity contribution in [1.82, 2.24) is 4.90 Å². The van der Waals surface area contributed by atoms with Gasteiger partial charge in [0.15, 0.2) is 5.78 Å². The minimum atomic E-state index is 0.173. The number of Topliss-reactive ketones (excluding diaryl/α,β-unsaturated/α-hetero) is 1. The average Bonchev–Trinajstić information content (AvgIpc) is 2.45. The van der Waals surface area contributed by atoms with Crippen molar-refractivity contribution in [2.45, 2.75) is 53.1 Å². The summed E-state index contributed by atoms with van der Waals surface area (Å²) in [5, 5.41) is 0. The van der Waals surface area contributed by atoms with Gasteiger partial charge in [0, 0.05) is 18.5 Å². The Bertz CT molecular complexity index is 210. The molecular formula is C12H23NO. The summed E-state index contributed by atoms with van der Waals surface area (Å²) in [6.45, 7) is 11.7. The highest BCUT2D eigenvalue weighted by molar-refractivity contribution is 5.86. The van der Waals surface area contributed by atoms with Crippen molar-refractivity contribution >= 4 is 5.78 Å². The number of hydrogen-bond donors (Lipinski definition) is 0. The maximum Gasteiger partial charge on any atom is 0.152 e. The van der Waals surface area contributed by atoms with E-state index in [1.54, 1.807) is 0 Å². The summed E-state index contributed by atoms with van der Waals surface area (Å²) in [4.78, 5) is 14.3. The minimum Gasteiger partial charge on any atom is -0.298 e. The van der Waals surface area contributed by atoms with Crippen molar-refractivity contribution in [3.05, 3.63) is 0 Å². The standard InChI is InChI=1S/C12H23NO/c1-8(2)12(14)11-6-10(5)7-13(11)9(3)4/h8-11H,6-7H2,1-5H3. The van der Waals surface area contributed by atoms with Crippen LogP contribution in [-0.2, 0) is 4.79 Å². The molecule has 0 N–H and O–H groups in total. The monoisotopic (exact) mass is 197 g/mol. The second-order valence-corrected chi connectivity index (χ2v) is 5.20. The summed E-state index contributed by atoms with van der Waals surface area (Å²) in [5.74, 6) is 1.26. The molecule has 2 nitrogen and oxygen atoms in total. The summed E-state index contributed by atoms with van der Waals surface area (Å²) in [6.07, 6.45) is 1.05. The summed E-state index contributed by atoms with van der Waals surface area (Å²) in [5.41, 5.74) is 0. The first-order valence-electron chi connectivity index (χ1n) is 5.73. The molecule has 0 amide bonds. The molecular weight excluding hydrogens is 174 g/mol. The number of carbonyl (C=O) groups excluding carboxylic acids is 1. The SMILES string of the molecule is CC1CC(C(=O)C(C)C)N(C(C)C)C1. The Morgan fingerprint density at radius 3 is 2.29 bits per heavy atom. The molecule has 0 bridgehead atoms. The number of nitrogens with zero attached hydrogens (tertiary/aromatic N) is 1. The quantitative estimate of drug-likeness (QED) is 0.692. The lowest BCUT2D eigenvalue weighted by molar-refractivity contribution is -0.126. The van der Waals surface area contributed by atoms with Crippen LogP contribution >= 0.6 is 0 Å². The predicted octanol–water partition coefficient (Wildman–Crippen LogP) is 2.33. The number of likely N-dealkylation sites (tertiary alicyclic amines) is 1. The molecule has 1 saturated heterocycles. The lowest BCUT2D eigenvalue weighted by Crippen LogP contribution is -2.42. The predicted molar refractivity (Wildman–Crippen MR) is 59.3 cm³/mol. The Hall–Kier alpha value is -0.370. The lowest BCUT2D eigenvalue weighted by atomic mass is 9.97. The van der Waals surface area contributed by atoms with E-state index in [2.05, 4.69) is 25.7 Å². The molecule has 2 atom stereocenters. The Labute approximate surface area is 87.7 Å². The van der Waals surface area contributed by atoms with Gasteiger partial charge < -0.3 is 0 Å². The molecule has 0 saturated carbocycles. The molecule has 0 radical (unpaired) electrons. The Kier molecular flexibility index (Phi) is 3.71. The van der Waals surface area contributed by atoms with E-state index in [1.807, 2.05) is 13.8 Å². The van der Waals surface area contributed by atoms with E-state index >= 15 is 0 Å². The molecule has 0 spiro atoms. The molecule has 82 valence electrons. The summed E-state index contributed by atoms with van der Waals surface area (Å²) in [6, 6.07) is 0.678.